The van der Waals surface area contributed by atoms with Crippen LogP contribution in [0.3, 0.4) is 0 Å². The molecule has 6 rings (SSSR count). The summed E-state index contributed by atoms with van der Waals surface area (Å²) >= 11 is 12.8. The third-order valence-electron chi connectivity index (χ3n) is 6.80. The highest BCUT2D eigenvalue weighted by molar-refractivity contribution is 6.32. The van der Waals surface area contributed by atoms with Crippen molar-refractivity contribution >= 4 is 55.8 Å². The first-order valence-corrected chi connectivity index (χ1v) is 10.8. The van der Waals surface area contributed by atoms with Crippen LogP contribution in [-0.2, 0) is 0 Å². The number of aromatic nitrogens is 1. The molecule has 1 saturated carbocycles. The quantitative estimate of drug-likeness (QED) is 0.283. The summed E-state index contributed by atoms with van der Waals surface area (Å²) in [6.07, 6.45) is 7.88. The zero-order valence-corrected chi connectivity index (χ0v) is 16.7. The average molecular weight is 394 g/mol. The predicted octanol–water partition coefficient (Wildman–Crippen LogP) is 8.25. The van der Waals surface area contributed by atoms with Crippen LogP contribution in [0, 0.1) is 0 Å². The van der Waals surface area contributed by atoms with E-state index < -0.39 is 0 Å². The number of hydrogen-bond acceptors (Lipinski definition) is 0. The van der Waals surface area contributed by atoms with Gasteiger partial charge in [0, 0.05) is 32.8 Å². The number of nitrogens with zero attached hydrogens (tertiary/aromatic N) is 1. The minimum Gasteiger partial charge on any atom is -0.336 e. The second kappa shape index (κ2) is 5.90. The Morgan fingerprint density at radius 2 is 1.52 bits per heavy atom. The first-order chi connectivity index (χ1) is 13.2. The molecule has 136 valence electrons. The number of benzene rings is 3. The van der Waals surface area contributed by atoms with E-state index in [9.17, 15) is 0 Å². The maximum Gasteiger partial charge on any atom is 0.0536 e. The van der Waals surface area contributed by atoms with Gasteiger partial charge < -0.3 is 4.57 Å². The van der Waals surface area contributed by atoms with Crippen LogP contribution in [0.25, 0.3) is 32.6 Å². The minimum absolute atomic E-state index is 0.545. The van der Waals surface area contributed by atoms with Crippen molar-refractivity contribution in [3.8, 4) is 0 Å². The van der Waals surface area contributed by atoms with Crippen LogP contribution >= 0.6 is 23.2 Å². The fourth-order valence-electron chi connectivity index (χ4n) is 5.73. The first kappa shape index (κ1) is 16.3. The van der Waals surface area contributed by atoms with Crippen molar-refractivity contribution in [2.45, 2.75) is 50.5 Å². The van der Waals surface area contributed by atoms with Gasteiger partial charge in [0.05, 0.1) is 11.0 Å². The standard InChI is InChI=1S/C24H21Cl2N/c25-15-8-7-14-11-20-17-10-9-16(26)13-22(17)27-21-6-4-2-1-3-5-18(21)23(24(20)27)19(14)12-15/h7-13,18,21H,1-6H2. The Hall–Kier alpha value is -1.70. The highest BCUT2D eigenvalue weighted by atomic mass is 35.5. The molecule has 1 aromatic heterocycles. The fraction of sp³-hybridized carbons (Fsp3) is 0.333. The van der Waals surface area contributed by atoms with E-state index in [4.69, 9.17) is 23.2 Å². The molecular formula is C24H21Cl2N. The number of hydrogen-bond donors (Lipinski definition) is 0. The zero-order chi connectivity index (χ0) is 18.1. The topological polar surface area (TPSA) is 4.93 Å². The molecule has 2 atom stereocenters. The Kier molecular flexibility index (Phi) is 3.55. The second-order valence-electron chi connectivity index (χ2n) is 8.25. The molecule has 3 aromatic carbocycles. The van der Waals surface area contributed by atoms with Crippen molar-refractivity contribution < 1.29 is 0 Å². The monoisotopic (exact) mass is 393 g/mol. The molecule has 0 amide bonds. The summed E-state index contributed by atoms with van der Waals surface area (Å²) in [6.45, 7) is 0. The summed E-state index contributed by atoms with van der Waals surface area (Å²) in [7, 11) is 0. The minimum atomic E-state index is 0.545. The molecule has 2 aliphatic rings. The molecule has 0 saturated heterocycles. The molecule has 1 aliphatic heterocycles. The van der Waals surface area contributed by atoms with Gasteiger partial charge in [-0.15, -0.1) is 0 Å². The summed E-state index contributed by atoms with van der Waals surface area (Å²) in [6, 6.07) is 15.7. The lowest BCUT2D eigenvalue weighted by molar-refractivity contribution is 0.358. The molecule has 2 unspecified atom stereocenters. The lowest BCUT2D eigenvalue weighted by Crippen LogP contribution is -2.13. The van der Waals surface area contributed by atoms with Crippen molar-refractivity contribution in [2.75, 3.05) is 0 Å². The number of rotatable bonds is 0. The normalized spacial score (nSPS) is 22.3. The van der Waals surface area contributed by atoms with Gasteiger partial charge in [-0.25, -0.2) is 0 Å². The van der Waals surface area contributed by atoms with E-state index in [1.54, 1.807) is 0 Å². The van der Waals surface area contributed by atoms with E-state index in [2.05, 4.69) is 34.9 Å². The van der Waals surface area contributed by atoms with Crippen molar-refractivity contribution in [3.05, 3.63) is 58.1 Å². The van der Waals surface area contributed by atoms with Crippen LogP contribution in [0.4, 0.5) is 0 Å². The van der Waals surface area contributed by atoms with Gasteiger partial charge in [0.1, 0.15) is 0 Å². The van der Waals surface area contributed by atoms with Gasteiger partial charge in [0.15, 0.2) is 0 Å². The summed E-state index contributed by atoms with van der Waals surface area (Å²) in [5.41, 5.74) is 4.26. The van der Waals surface area contributed by atoms with Crippen LogP contribution in [0.1, 0.15) is 56.0 Å². The van der Waals surface area contributed by atoms with Gasteiger partial charge in [0.25, 0.3) is 0 Å². The SMILES string of the molecule is Clc1ccc2cc3c4ccc(Cl)cc4n4c3c(c2c1)C1CCCCCCC14. The maximum atomic E-state index is 6.42. The van der Waals surface area contributed by atoms with E-state index in [-0.39, 0.29) is 0 Å². The van der Waals surface area contributed by atoms with Crippen LogP contribution in [0.5, 0.6) is 0 Å². The highest BCUT2D eigenvalue weighted by Crippen LogP contribution is 2.54. The zero-order valence-electron chi connectivity index (χ0n) is 15.1. The van der Waals surface area contributed by atoms with Gasteiger partial charge in [-0.3, -0.25) is 0 Å². The van der Waals surface area contributed by atoms with Gasteiger partial charge in [-0.2, -0.15) is 0 Å². The Bertz CT molecular complexity index is 1210. The van der Waals surface area contributed by atoms with E-state index in [1.165, 1.54) is 76.7 Å². The summed E-state index contributed by atoms with van der Waals surface area (Å²) in [5.74, 6) is 0.591. The molecule has 3 heteroatoms. The number of halogens is 2. The van der Waals surface area contributed by atoms with Crippen LogP contribution in [0.2, 0.25) is 10.0 Å². The van der Waals surface area contributed by atoms with Crippen molar-refractivity contribution in [1.82, 2.24) is 4.57 Å². The van der Waals surface area contributed by atoms with E-state index in [0.29, 0.717) is 12.0 Å². The first-order valence-electron chi connectivity index (χ1n) is 10.1. The summed E-state index contributed by atoms with van der Waals surface area (Å²) < 4.78 is 2.63. The Morgan fingerprint density at radius 3 is 2.41 bits per heavy atom. The second-order valence-corrected chi connectivity index (χ2v) is 9.12. The molecule has 0 spiro atoms. The van der Waals surface area contributed by atoms with Crippen molar-refractivity contribution in [3.63, 3.8) is 0 Å². The van der Waals surface area contributed by atoms with Gasteiger partial charge in [0.2, 0.25) is 0 Å². The smallest absolute Gasteiger partial charge is 0.0536 e. The summed E-state index contributed by atoms with van der Waals surface area (Å²) in [5, 5.41) is 7.01. The Labute approximate surface area is 168 Å². The molecular weight excluding hydrogens is 373 g/mol. The lowest BCUT2D eigenvalue weighted by Gasteiger charge is -2.26. The van der Waals surface area contributed by atoms with E-state index in [0.717, 1.165) is 10.0 Å². The fourth-order valence-corrected chi connectivity index (χ4v) is 6.07. The molecule has 2 heterocycles. The molecule has 0 bridgehead atoms. The summed E-state index contributed by atoms with van der Waals surface area (Å²) in [4.78, 5) is 0. The van der Waals surface area contributed by atoms with Crippen molar-refractivity contribution in [1.29, 1.82) is 0 Å². The lowest BCUT2D eigenvalue weighted by atomic mass is 9.81. The Morgan fingerprint density at radius 1 is 0.741 bits per heavy atom. The molecule has 1 fully saturated rings. The maximum absolute atomic E-state index is 6.42. The molecule has 4 aromatic rings. The van der Waals surface area contributed by atoms with Crippen LogP contribution < -0.4 is 0 Å². The van der Waals surface area contributed by atoms with Gasteiger partial charge in [-0.1, -0.05) is 61.0 Å². The van der Waals surface area contributed by atoms with E-state index >= 15 is 0 Å². The number of fused-ring (bicyclic) bond motifs is 8. The highest BCUT2D eigenvalue weighted by Gasteiger charge is 2.37. The largest absolute Gasteiger partial charge is 0.336 e. The van der Waals surface area contributed by atoms with Crippen molar-refractivity contribution in [2.24, 2.45) is 0 Å². The van der Waals surface area contributed by atoms with Gasteiger partial charge in [-0.05, 0) is 59.5 Å². The molecule has 27 heavy (non-hydrogen) atoms. The Balaban J connectivity index is 1.80. The third kappa shape index (κ3) is 2.25. The molecule has 1 nitrogen and oxygen atoms in total. The third-order valence-corrected chi connectivity index (χ3v) is 7.27. The molecule has 0 N–H and O–H groups in total. The van der Waals surface area contributed by atoms with E-state index in [1.807, 2.05) is 12.1 Å². The molecule has 0 radical (unpaired) electrons. The van der Waals surface area contributed by atoms with Crippen LogP contribution in [-0.4, -0.2) is 4.57 Å². The average Bonchev–Trinajstić information content (AvgIpc) is 3.11. The van der Waals surface area contributed by atoms with Crippen LogP contribution in [0.15, 0.2) is 42.5 Å². The molecule has 1 aliphatic carbocycles. The van der Waals surface area contributed by atoms with Gasteiger partial charge >= 0.3 is 0 Å². The predicted molar refractivity (Wildman–Crippen MR) is 116 cm³/mol.